The summed E-state index contributed by atoms with van der Waals surface area (Å²) in [6, 6.07) is 8.52. The van der Waals surface area contributed by atoms with Gasteiger partial charge in [-0.15, -0.1) is 11.5 Å². The number of anilines is 2. The van der Waals surface area contributed by atoms with Gasteiger partial charge in [0.05, 0.1) is 12.3 Å². The highest BCUT2D eigenvalue weighted by atomic mass is 31.2. The summed E-state index contributed by atoms with van der Waals surface area (Å²) in [7, 11) is -4.48. The zero-order valence-electron chi connectivity index (χ0n) is 22.7. The molecule has 1 aliphatic rings. The summed E-state index contributed by atoms with van der Waals surface area (Å²) >= 11 is 0. The summed E-state index contributed by atoms with van der Waals surface area (Å²) in [6.07, 6.45) is 2.44. The van der Waals surface area contributed by atoms with Crippen molar-refractivity contribution in [2.75, 3.05) is 18.1 Å². The Bertz CT molecular complexity index is 1610. The Morgan fingerprint density at radius 1 is 1.29 bits per heavy atom. The van der Waals surface area contributed by atoms with Crippen LogP contribution in [-0.2, 0) is 29.0 Å². The molecule has 4 rings (SSSR count). The van der Waals surface area contributed by atoms with Crippen LogP contribution >= 0.6 is 7.75 Å². The maximum atomic E-state index is 13.9. The number of terminal acetylenes is 1. The second-order valence-corrected chi connectivity index (χ2v) is 11.3. The first-order valence-corrected chi connectivity index (χ1v) is 14.0. The molecule has 7 N–H and O–H groups in total. The lowest BCUT2D eigenvalue weighted by molar-refractivity contribution is -0.149. The number of nitrogens with one attached hydrogen (secondary N) is 1. The summed E-state index contributed by atoms with van der Waals surface area (Å²) in [5, 5.41) is 39.0. The minimum atomic E-state index is -4.48. The van der Waals surface area contributed by atoms with Crippen molar-refractivity contribution in [2.45, 2.75) is 56.3 Å². The first-order chi connectivity index (χ1) is 19.8. The van der Waals surface area contributed by atoms with Crippen molar-refractivity contribution < 1.29 is 38.1 Å². The quantitative estimate of drug-likeness (QED) is 0.119. The molecule has 3 heterocycles. The number of nitrogens with two attached hydrogens (primary N) is 2. The zero-order valence-corrected chi connectivity index (χ0v) is 23.6. The molecule has 3 aromatic rings. The van der Waals surface area contributed by atoms with Gasteiger partial charge in [0.25, 0.3) is 0 Å². The predicted octanol–water partition coefficient (Wildman–Crippen LogP) is 0.265. The number of ether oxygens (including phenoxy) is 2. The van der Waals surface area contributed by atoms with Crippen LogP contribution in [0.2, 0.25) is 0 Å². The van der Waals surface area contributed by atoms with Gasteiger partial charge >= 0.3 is 13.7 Å². The lowest BCUT2D eigenvalue weighted by Gasteiger charge is -2.30. The number of rotatable bonds is 10. The number of nitriles is 1. The molecule has 0 saturated carbocycles. The van der Waals surface area contributed by atoms with Gasteiger partial charge in [0.2, 0.25) is 11.5 Å². The van der Waals surface area contributed by atoms with Crippen LogP contribution in [0.5, 0.6) is 5.75 Å². The van der Waals surface area contributed by atoms with Gasteiger partial charge in [0, 0.05) is 0 Å². The van der Waals surface area contributed by atoms with Crippen LogP contribution in [0.15, 0.2) is 36.5 Å². The number of hydrogen-bond donors (Lipinski definition) is 5. The molecule has 1 aromatic carbocycles. The SMILES string of the molecule is C#C[C@]1(CO[P@@](=O)(N[C@@H](C)C(=O)OC(C)C)Oc2ccccc2)O[C@@](C#N)(c2cnc3c(N)nc(N)nn23)C(O)[C@H]1O. The highest BCUT2D eigenvalue weighted by molar-refractivity contribution is 7.52. The zero-order chi connectivity index (χ0) is 30.9. The van der Waals surface area contributed by atoms with E-state index in [-0.39, 0.29) is 28.9 Å². The summed E-state index contributed by atoms with van der Waals surface area (Å²) in [4.78, 5) is 20.3. The Balaban J connectivity index is 1.68. The number of aliphatic hydroxyl groups excluding tert-OH is 2. The van der Waals surface area contributed by atoms with E-state index < -0.39 is 55.9 Å². The monoisotopic (exact) mass is 600 g/mol. The molecule has 0 spiro atoms. The molecular weight excluding hydrogens is 571 g/mol. The van der Waals surface area contributed by atoms with Crippen molar-refractivity contribution in [3.63, 3.8) is 0 Å². The third-order valence-corrected chi connectivity index (χ3v) is 7.83. The predicted molar refractivity (Wildman–Crippen MR) is 146 cm³/mol. The van der Waals surface area contributed by atoms with Gasteiger partial charge in [-0.1, -0.05) is 24.1 Å². The molecule has 0 bridgehead atoms. The Kier molecular flexibility index (Phi) is 8.43. The fourth-order valence-electron chi connectivity index (χ4n) is 4.20. The van der Waals surface area contributed by atoms with E-state index in [9.17, 15) is 24.8 Å². The average molecular weight is 601 g/mol. The second-order valence-electron chi connectivity index (χ2n) is 9.62. The number of carbonyl (C=O) groups excluding carboxylic acids is 1. The van der Waals surface area contributed by atoms with Crippen LogP contribution in [-0.4, -0.2) is 72.3 Å². The van der Waals surface area contributed by atoms with Gasteiger partial charge < -0.3 is 35.7 Å². The van der Waals surface area contributed by atoms with Gasteiger partial charge in [0.1, 0.15) is 42.4 Å². The van der Waals surface area contributed by atoms with E-state index in [0.29, 0.717) is 0 Å². The third kappa shape index (κ3) is 5.60. The van der Waals surface area contributed by atoms with Crippen LogP contribution in [0.4, 0.5) is 11.8 Å². The van der Waals surface area contributed by atoms with Crippen LogP contribution in [0.1, 0.15) is 26.5 Å². The lowest BCUT2D eigenvalue weighted by atomic mass is 9.89. The molecule has 42 heavy (non-hydrogen) atoms. The molecule has 1 fully saturated rings. The average Bonchev–Trinajstić information content (AvgIpc) is 3.46. The number of para-hydroxylation sites is 1. The molecule has 1 aliphatic heterocycles. The first-order valence-electron chi connectivity index (χ1n) is 12.5. The number of hydrogen-bond acceptors (Lipinski definition) is 14. The molecular formula is C25H29N8O8P. The highest BCUT2D eigenvalue weighted by Crippen LogP contribution is 2.50. The van der Waals surface area contributed by atoms with Crippen molar-refractivity contribution in [2.24, 2.45) is 0 Å². The minimum Gasteiger partial charge on any atom is -0.462 e. The maximum Gasteiger partial charge on any atom is 0.459 e. The van der Waals surface area contributed by atoms with Crippen molar-refractivity contribution in [1.29, 1.82) is 5.26 Å². The van der Waals surface area contributed by atoms with Gasteiger partial charge in [-0.25, -0.2) is 14.1 Å². The van der Waals surface area contributed by atoms with Crippen LogP contribution < -0.4 is 21.1 Å². The number of carbonyl (C=O) groups is 1. The molecule has 16 nitrogen and oxygen atoms in total. The number of esters is 1. The normalized spacial score (nSPS) is 25.8. The van der Waals surface area contributed by atoms with Crippen LogP contribution in [0.25, 0.3) is 5.65 Å². The second kappa shape index (κ2) is 11.5. The number of imidazole rings is 1. The van der Waals surface area contributed by atoms with Crippen LogP contribution in [0, 0.1) is 23.7 Å². The first kappa shape index (κ1) is 30.7. The highest BCUT2D eigenvalue weighted by Gasteiger charge is 2.65. The largest absolute Gasteiger partial charge is 0.462 e. The summed E-state index contributed by atoms with van der Waals surface area (Å²) < 4.78 is 37.3. The molecule has 0 radical (unpaired) electrons. The van der Waals surface area contributed by atoms with Crippen molar-refractivity contribution in [3.05, 3.63) is 42.2 Å². The van der Waals surface area contributed by atoms with Crippen molar-refractivity contribution in [3.8, 4) is 24.2 Å². The molecule has 1 unspecified atom stereocenters. The van der Waals surface area contributed by atoms with E-state index in [1.54, 1.807) is 32.0 Å². The number of aliphatic hydroxyl groups is 2. The maximum absolute atomic E-state index is 13.9. The molecule has 1 saturated heterocycles. The van der Waals surface area contributed by atoms with E-state index in [1.165, 1.54) is 19.1 Å². The standard InChI is InChI=1S/C25H29N8O8P/c1-5-24(13-38-42(37,40-16-9-7-6-8-10-16)32-15(4)22(36)39-14(2)3)18(34)19(35)25(12-26,41-24)17-11-29-21-20(27)30-23(28)31-33(17)21/h1,6-11,14-15,18-19,34-35H,13H2,2-4H3,(H,32,37)(H4,27,28,30,31)/t15-,18+,19?,24+,25-,42-/m0/s1. The smallest absolute Gasteiger partial charge is 0.459 e. The van der Waals surface area contributed by atoms with E-state index >= 15 is 0 Å². The van der Waals surface area contributed by atoms with Gasteiger partial charge in [-0.3, -0.25) is 9.32 Å². The molecule has 2 aromatic heterocycles. The Morgan fingerprint density at radius 3 is 2.60 bits per heavy atom. The van der Waals surface area contributed by atoms with E-state index in [0.717, 1.165) is 10.7 Å². The lowest BCUT2D eigenvalue weighted by Crippen LogP contribution is -2.46. The Labute approximate surface area is 240 Å². The van der Waals surface area contributed by atoms with Crippen molar-refractivity contribution in [1.82, 2.24) is 24.7 Å². The molecule has 222 valence electrons. The van der Waals surface area contributed by atoms with E-state index in [2.05, 4.69) is 26.1 Å². The number of nitrogens with zero attached hydrogens (tertiary/aromatic N) is 5. The topological polar surface area (TPSA) is 242 Å². The number of benzene rings is 1. The van der Waals surface area contributed by atoms with Gasteiger partial charge in [0.15, 0.2) is 17.1 Å². The molecule has 6 atom stereocenters. The number of aromatic nitrogens is 4. The van der Waals surface area contributed by atoms with Gasteiger partial charge in [-0.05, 0) is 32.9 Å². The Morgan fingerprint density at radius 2 is 1.98 bits per heavy atom. The summed E-state index contributed by atoms with van der Waals surface area (Å²) in [5.74, 6) is 1.15. The van der Waals surface area contributed by atoms with E-state index in [4.69, 9.17) is 36.4 Å². The fraction of sp³-hybridized carbons (Fsp3) is 0.400. The third-order valence-electron chi connectivity index (χ3n) is 6.21. The van der Waals surface area contributed by atoms with Crippen LogP contribution in [0.3, 0.4) is 0 Å². The molecule has 0 amide bonds. The fourth-order valence-corrected chi connectivity index (χ4v) is 5.72. The molecule has 0 aliphatic carbocycles. The number of nitrogen functional groups attached to an aromatic ring is 2. The Hall–Kier alpha value is -4.28. The summed E-state index contributed by atoms with van der Waals surface area (Å²) in [6.45, 7) is 3.77. The van der Waals surface area contributed by atoms with Gasteiger partial charge in [-0.2, -0.15) is 15.3 Å². The molecule has 17 heteroatoms. The summed E-state index contributed by atoms with van der Waals surface area (Å²) in [5.41, 5.74) is 6.70. The van der Waals surface area contributed by atoms with E-state index in [1.807, 2.05) is 6.07 Å². The number of fused-ring (bicyclic) bond motifs is 1. The van der Waals surface area contributed by atoms with Crippen molar-refractivity contribution >= 4 is 31.1 Å². The minimum absolute atomic E-state index is 0.0131.